The maximum absolute atomic E-state index is 12.4. The monoisotopic (exact) mass is 278 g/mol. The van der Waals surface area contributed by atoms with Gasteiger partial charge in [-0.2, -0.15) is 0 Å². The van der Waals surface area contributed by atoms with Crippen LogP contribution in [0.25, 0.3) is 0 Å². The third-order valence-corrected chi connectivity index (χ3v) is 5.07. The Hall–Kier alpha value is -1.58. The number of rotatable bonds is 3. The molecule has 1 fully saturated rings. The Morgan fingerprint density at radius 3 is 2.75 bits per heavy atom. The number of ketones is 1. The van der Waals surface area contributed by atoms with Crippen molar-refractivity contribution in [1.82, 2.24) is 0 Å². The topological polar surface area (TPSA) is 63.6 Å². The number of carbonyl (C=O) groups is 2. The average molecular weight is 278 g/mol. The summed E-state index contributed by atoms with van der Waals surface area (Å²) in [5.74, 6) is -0.792. The summed E-state index contributed by atoms with van der Waals surface area (Å²) in [6.07, 6.45) is 3.68. The molecule has 0 aromatic carbocycles. The Balaban J connectivity index is 2.69. The van der Waals surface area contributed by atoms with Crippen molar-refractivity contribution in [3.05, 3.63) is 24.0 Å². The van der Waals surface area contributed by atoms with Crippen molar-refractivity contribution in [3.8, 4) is 0 Å². The molecule has 1 N–H and O–H groups in total. The van der Waals surface area contributed by atoms with Gasteiger partial charge >= 0.3 is 5.97 Å². The summed E-state index contributed by atoms with van der Waals surface area (Å²) in [6, 6.07) is 0. The summed E-state index contributed by atoms with van der Waals surface area (Å²) in [5, 5.41) is 10.7. The summed E-state index contributed by atoms with van der Waals surface area (Å²) >= 11 is 0. The Morgan fingerprint density at radius 2 is 2.20 bits per heavy atom. The number of fused-ring (bicyclic) bond motifs is 2. The summed E-state index contributed by atoms with van der Waals surface area (Å²) in [4.78, 5) is 24.8. The van der Waals surface area contributed by atoms with Crippen molar-refractivity contribution in [2.75, 3.05) is 7.11 Å². The predicted octanol–water partition coefficient (Wildman–Crippen LogP) is 2.94. The van der Waals surface area contributed by atoms with Crippen molar-refractivity contribution in [1.29, 1.82) is 0 Å². The molecule has 110 valence electrons. The number of esters is 1. The Labute approximate surface area is 119 Å². The Kier molecular flexibility index (Phi) is 3.53. The second kappa shape index (κ2) is 4.76. The molecule has 4 nitrogen and oxygen atoms in total. The van der Waals surface area contributed by atoms with E-state index in [0.29, 0.717) is 18.4 Å². The Bertz CT molecular complexity index is 501. The first-order valence-electron chi connectivity index (χ1n) is 6.98. The molecule has 0 spiro atoms. The molecular formula is C16H22O4. The van der Waals surface area contributed by atoms with Gasteiger partial charge in [0.15, 0.2) is 5.78 Å². The molecule has 1 saturated carbocycles. The quantitative estimate of drug-likeness (QED) is 0.637. The number of hydrogen-bond donors (Lipinski definition) is 1. The fraction of sp³-hybridized carbons (Fsp3) is 0.625. The molecule has 20 heavy (non-hydrogen) atoms. The van der Waals surface area contributed by atoms with E-state index in [1.54, 1.807) is 6.08 Å². The highest BCUT2D eigenvalue weighted by atomic mass is 16.5. The second-order valence-corrected chi connectivity index (χ2v) is 6.40. The molecule has 2 bridgehead atoms. The van der Waals surface area contributed by atoms with E-state index >= 15 is 0 Å². The average Bonchev–Trinajstić information content (AvgIpc) is 2.41. The lowest BCUT2D eigenvalue weighted by Crippen LogP contribution is -2.55. The zero-order chi connectivity index (χ0) is 15.1. The number of ether oxygens (including phenoxy) is 1. The zero-order valence-corrected chi connectivity index (χ0v) is 12.4. The van der Waals surface area contributed by atoms with Crippen molar-refractivity contribution in [2.45, 2.75) is 39.5 Å². The SMILES string of the molecule is C=CCC1=C(O)C2(C(=O)OC)CC(CCC2(C)C)C1=O. The fourth-order valence-electron chi connectivity index (χ4n) is 3.73. The van der Waals surface area contributed by atoms with E-state index in [1.165, 1.54) is 7.11 Å². The van der Waals surface area contributed by atoms with Gasteiger partial charge in [-0.25, -0.2) is 0 Å². The molecule has 2 aliphatic rings. The molecule has 0 aromatic rings. The first kappa shape index (κ1) is 14.8. The standard InChI is InChI=1S/C16H22O4/c1-5-6-11-12(17)10-7-8-15(2,3)16(9-10,13(11)18)14(19)20-4/h5,10,18H,1,6-9H2,2-4H3. The smallest absolute Gasteiger partial charge is 0.320 e. The number of Topliss-reactive ketones (excluding diaryl/α,β-unsaturated/α-hetero) is 1. The van der Waals surface area contributed by atoms with E-state index in [2.05, 4.69) is 6.58 Å². The molecule has 0 amide bonds. The van der Waals surface area contributed by atoms with Crippen LogP contribution in [-0.4, -0.2) is 24.0 Å². The van der Waals surface area contributed by atoms with E-state index < -0.39 is 16.8 Å². The summed E-state index contributed by atoms with van der Waals surface area (Å²) < 4.78 is 4.96. The highest BCUT2D eigenvalue weighted by Gasteiger charge is 2.62. The van der Waals surface area contributed by atoms with Gasteiger partial charge in [-0.3, -0.25) is 9.59 Å². The van der Waals surface area contributed by atoms with Crippen LogP contribution in [0.5, 0.6) is 0 Å². The van der Waals surface area contributed by atoms with Crippen molar-refractivity contribution in [2.24, 2.45) is 16.7 Å². The Morgan fingerprint density at radius 1 is 1.55 bits per heavy atom. The second-order valence-electron chi connectivity index (χ2n) is 6.40. The minimum absolute atomic E-state index is 0.0440. The number of hydrogen-bond acceptors (Lipinski definition) is 4. The van der Waals surface area contributed by atoms with Gasteiger partial charge in [-0.05, 0) is 31.1 Å². The van der Waals surface area contributed by atoms with Crippen molar-refractivity contribution < 1.29 is 19.4 Å². The number of methoxy groups -OCH3 is 1. The molecule has 2 rings (SSSR count). The van der Waals surface area contributed by atoms with Crippen LogP contribution in [0.4, 0.5) is 0 Å². The number of allylic oxidation sites excluding steroid dienone is 2. The van der Waals surface area contributed by atoms with Crippen molar-refractivity contribution >= 4 is 11.8 Å². The lowest BCUT2D eigenvalue weighted by Gasteiger charge is -2.52. The van der Waals surface area contributed by atoms with E-state index in [9.17, 15) is 14.7 Å². The van der Waals surface area contributed by atoms with Crippen LogP contribution < -0.4 is 0 Å². The first-order valence-corrected chi connectivity index (χ1v) is 6.98. The molecule has 4 heteroatoms. The van der Waals surface area contributed by atoms with Crippen LogP contribution >= 0.6 is 0 Å². The molecule has 0 radical (unpaired) electrons. The van der Waals surface area contributed by atoms with Gasteiger partial charge in [0.2, 0.25) is 0 Å². The summed E-state index contributed by atoms with van der Waals surface area (Å²) in [5.41, 5.74) is -1.21. The van der Waals surface area contributed by atoms with Crippen LogP contribution in [0, 0.1) is 16.7 Å². The van der Waals surface area contributed by atoms with E-state index in [4.69, 9.17) is 4.74 Å². The van der Waals surface area contributed by atoms with Gasteiger partial charge in [0.05, 0.1) is 7.11 Å². The third-order valence-electron chi connectivity index (χ3n) is 5.07. The summed E-state index contributed by atoms with van der Waals surface area (Å²) in [7, 11) is 1.33. The third kappa shape index (κ3) is 1.74. The maximum atomic E-state index is 12.4. The largest absolute Gasteiger partial charge is 0.511 e. The molecule has 2 unspecified atom stereocenters. The molecule has 0 heterocycles. The van der Waals surface area contributed by atoms with Gasteiger partial charge in [0.25, 0.3) is 0 Å². The van der Waals surface area contributed by atoms with Crippen LogP contribution in [0.15, 0.2) is 24.0 Å². The van der Waals surface area contributed by atoms with Crippen molar-refractivity contribution in [3.63, 3.8) is 0 Å². The summed E-state index contributed by atoms with van der Waals surface area (Å²) in [6.45, 7) is 7.54. The normalized spacial score (nSPS) is 31.9. The number of aliphatic hydroxyl groups is 1. The molecule has 2 atom stereocenters. The molecule has 0 saturated heterocycles. The number of aliphatic hydroxyl groups excluding tert-OH is 1. The lowest BCUT2D eigenvalue weighted by molar-refractivity contribution is -0.168. The van der Waals surface area contributed by atoms with Gasteiger partial charge in [0, 0.05) is 11.5 Å². The highest BCUT2D eigenvalue weighted by molar-refractivity contribution is 6.01. The molecule has 0 aromatic heterocycles. The molecule has 0 aliphatic heterocycles. The first-order chi connectivity index (χ1) is 9.31. The predicted molar refractivity (Wildman–Crippen MR) is 75.0 cm³/mol. The minimum atomic E-state index is -1.10. The van der Waals surface area contributed by atoms with E-state index in [1.807, 2.05) is 13.8 Å². The van der Waals surface area contributed by atoms with E-state index in [-0.39, 0.29) is 23.9 Å². The maximum Gasteiger partial charge on any atom is 0.320 e. The van der Waals surface area contributed by atoms with Crippen LogP contribution in [0.2, 0.25) is 0 Å². The minimum Gasteiger partial charge on any atom is -0.511 e. The number of carbonyl (C=O) groups excluding carboxylic acids is 2. The van der Waals surface area contributed by atoms with Gasteiger partial charge < -0.3 is 9.84 Å². The molecule has 2 aliphatic carbocycles. The van der Waals surface area contributed by atoms with Gasteiger partial charge in [-0.1, -0.05) is 19.9 Å². The van der Waals surface area contributed by atoms with E-state index in [0.717, 1.165) is 6.42 Å². The fourth-order valence-corrected chi connectivity index (χ4v) is 3.73. The zero-order valence-electron chi connectivity index (χ0n) is 12.4. The van der Waals surface area contributed by atoms with Crippen LogP contribution in [0.1, 0.15) is 39.5 Å². The van der Waals surface area contributed by atoms with Crippen LogP contribution in [0.3, 0.4) is 0 Å². The van der Waals surface area contributed by atoms with Gasteiger partial charge in [-0.15, -0.1) is 6.58 Å². The lowest BCUT2D eigenvalue weighted by atomic mass is 9.50. The highest BCUT2D eigenvalue weighted by Crippen LogP contribution is 2.60. The molecular weight excluding hydrogens is 256 g/mol. The van der Waals surface area contributed by atoms with Gasteiger partial charge in [0.1, 0.15) is 11.2 Å². The van der Waals surface area contributed by atoms with Crippen LogP contribution in [-0.2, 0) is 14.3 Å².